The summed E-state index contributed by atoms with van der Waals surface area (Å²) in [4.78, 5) is 4.56. The monoisotopic (exact) mass is 235 g/mol. The molecule has 4 heteroatoms. The van der Waals surface area contributed by atoms with Crippen molar-refractivity contribution in [3.63, 3.8) is 0 Å². The lowest BCUT2D eigenvalue weighted by Crippen LogP contribution is -2.32. The third kappa shape index (κ3) is 3.03. The molecule has 0 radical (unpaired) electrons. The predicted molar refractivity (Wildman–Crippen MR) is 67.3 cm³/mol. The number of hydrogen-bond acceptors (Lipinski definition) is 2. The van der Waals surface area contributed by atoms with Crippen LogP contribution in [0.25, 0.3) is 0 Å². The van der Waals surface area contributed by atoms with Crippen LogP contribution in [0.3, 0.4) is 0 Å². The Morgan fingerprint density at radius 1 is 1.35 bits per heavy atom. The van der Waals surface area contributed by atoms with Crippen LogP contribution in [0.2, 0.25) is 0 Å². The number of rotatable bonds is 2. The van der Waals surface area contributed by atoms with Gasteiger partial charge < -0.3 is 5.43 Å². The highest BCUT2D eigenvalue weighted by Crippen LogP contribution is 2.21. The maximum atomic E-state index is 13.3. The lowest BCUT2D eigenvalue weighted by molar-refractivity contribution is 0.626. The Kier molecular flexibility index (Phi) is 3.74. The zero-order chi connectivity index (χ0) is 12.3. The zero-order valence-electron chi connectivity index (χ0n) is 10.0. The Morgan fingerprint density at radius 3 is 2.65 bits per heavy atom. The van der Waals surface area contributed by atoms with E-state index in [9.17, 15) is 4.39 Å². The van der Waals surface area contributed by atoms with E-state index in [-0.39, 0.29) is 5.82 Å². The third-order valence-corrected chi connectivity index (χ3v) is 3.09. The Labute approximate surface area is 101 Å². The molecule has 1 saturated carbocycles. The zero-order valence-corrected chi connectivity index (χ0v) is 10.0. The fourth-order valence-corrected chi connectivity index (χ4v) is 2.28. The number of aryl methyl sites for hydroxylation is 1. The summed E-state index contributed by atoms with van der Waals surface area (Å²) in [6.07, 6.45) is 4.63. The number of amidine groups is 1. The Bertz CT molecular complexity index is 402. The van der Waals surface area contributed by atoms with Crippen molar-refractivity contribution in [2.24, 2.45) is 10.8 Å². The molecular weight excluding hydrogens is 217 g/mol. The van der Waals surface area contributed by atoms with Gasteiger partial charge in [0, 0.05) is 5.56 Å². The van der Waals surface area contributed by atoms with E-state index < -0.39 is 0 Å². The van der Waals surface area contributed by atoms with Gasteiger partial charge in [-0.1, -0.05) is 12.8 Å². The molecule has 17 heavy (non-hydrogen) atoms. The summed E-state index contributed by atoms with van der Waals surface area (Å²) in [5.41, 5.74) is 4.17. The van der Waals surface area contributed by atoms with Crippen molar-refractivity contribution in [1.82, 2.24) is 5.43 Å². The summed E-state index contributed by atoms with van der Waals surface area (Å²) in [6.45, 7) is 1.86. The number of nitrogens with one attached hydrogen (secondary N) is 1. The second-order valence-electron chi connectivity index (χ2n) is 4.58. The van der Waals surface area contributed by atoms with Gasteiger partial charge in [0.25, 0.3) is 0 Å². The Morgan fingerprint density at radius 2 is 2.06 bits per heavy atom. The number of nitrogens with two attached hydrogens (primary N) is 1. The number of nitrogens with zero attached hydrogens (tertiary/aromatic N) is 1. The number of hydrogen-bond donors (Lipinski definition) is 2. The topological polar surface area (TPSA) is 50.4 Å². The number of aliphatic imine (C=N–C) groups is 1. The fraction of sp³-hybridized carbons (Fsp3) is 0.462. The maximum Gasteiger partial charge on any atom is 0.142 e. The van der Waals surface area contributed by atoms with E-state index >= 15 is 0 Å². The lowest BCUT2D eigenvalue weighted by Gasteiger charge is -2.10. The molecule has 3 N–H and O–H groups in total. The van der Waals surface area contributed by atoms with E-state index in [1.54, 1.807) is 0 Å². The summed E-state index contributed by atoms with van der Waals surface area (Å²) in [5, 5.41) is 0. The normalized spacial score (nSPS) is 17.5. The van der Waals surface area contributed by atoms with Crippen molar-refractivity contribution in [2.45, 2.75) is 38.6 Å². The highest BCUT2D eigenvalue weighted by Gasteiger charge is 2.15. The Balaban J connectivity index is 2.27. The van der Waals surface area contributed by atoms with Crippen molar-refractivity contribution in [3.05, 3.63) is 35.1 Å². The van der Waals surface area contributed by atoms with Crippen LogP contribution in [0.5, 0.6) is 0 Å². The number of halogens is 1. The van der Waals surface area contributed by atoms with Crippen molar-refractivity contribution in [3.8, 4) is 0 Å². The molecule has 0 amide bonds. The van der Waals surface area contributed by atoms with E-state index in [1.807, 2.05) is 13.0 Å². The molecule has 0 saturated heterocycles. The molecule has 0 heterocycles. The van der Waals surface area contributed by atoms with Crippen molar-refractivity contribution in [2.75, 3.05) is 0 Å². The largest absolute Gasteiger partial charge is 0.308 e. The second kappa shape index (κ2) is 5.27. The summed E-state index contributed by atoms with van der Waals surface area (Å²) in [5.74, 6) is 5.81. The highest BCUT2D eigenvalue weighted by molar-refractivity contribution is 5.98. The molecule has 1 aliphatic rings. The van der Waals surface area contributed by atoms with Crippen LogP contribution >= 0.6 is 0 Å². The summed E-state index contributed by atoms with van der Waals surface area (Å²) in [6, 6.07) is 5.16. The van der Waals surface area contributed by atoms with E-state index in [0.29, 0.717) is 11.9 Å². The lowest BCUT2D eigenvalue weighted by atomic mass is 10.1. The minimum atomic E-state index is -0.255. The van der Waals surface area contributed by atoms with Gasteiger partial charge in [-0.2, -0.15) is 0 Å². The van der Waals surface area contributed by atoms with Gasteiger partial charge in [0.2, 0.25) is 0 Å². The number of benzene rings is 1. The third-order valence-electron chi connectivity index (χ3n) is 3.09. The maximum absolute atomic E-state index is 13.3. The molecule has 0 bridgehead atoms. The first-order valence-electron chi connectivity index (χ1n) is 6.01. The molecule has 0 spiro atoms. The molecule has 0 unspecified atom stereocenters. The van der Waals surface area contributed by atoms with Crippen LogP contribution in [0, 0.1) is 12.7 Å². The minimum absolute atomic E-state index is 0.255. The minimum Gasteiger partial charge on any atom is -0.308 e. The average molecular weight is 235 g/mol. The second-order valence-corrected chi connectivity index (χ2v) is 4.58. The van der Waals surface area contributed by atoms with E-state index in [2.05, 4.69) is 10.4 Å². The molecule has 1 aromatic rings. The molecule has 1 fully saturated rings. The first-order chi connectivity index (χ1) is 8.19. The summed E-state index contributed by atoms with van der Waals surface area (Å²) >= 11 is 0. The van der Waals surface area contributed by atoms with E-state index in [1.165, 1.54) is 25.0 Å². The van der Waals surface area contributed by atoms with Crippen LogP contribution < -0.4 is 11.3 Å². The van der Waals surface area contributed by atoms with Crippen molar-refractivity contribution in [1.29, 1.82) is 0 Å². The standard InChI is InChI=1S/C13H18FN3/c1-9-6-10(8-11(14)7-9)13(17-15)16-12-4-2-3-5-12/h6-8,12H,2-5,15H2,1H3,(H,16,17). The molecule has 92 valence electrons. The average Bonchev–Trinajstić information content (AvgIpc) is 2.77. The van der Waals surface area contributed by atoms with Crippen LogP contribution in [0.4, 0.5) is 4.39 Å². The molecule has 0 atom stereocenters. The predicted octanol–water partition coefficient (Wildman–Crippen LogP) is 2.29. The van der Waals surface area contributed by atoms with Gasteiger partial charge in [0.15, 0.2) is 0 Å². The molecule has 0 aromatic heterocycles. The molecule has 1 aliphatic carbocycles. The SMILES string of the molecule is Cc1cc(F)cc(C(=NC2CCCC2)NN)c1. The smallest absolute Gasteiger partial charge is 0.142 e. The van der Waals surface area contributed by atoms with Gasteiger partial charge in [0.05, 0.1) is 6.04 Å². The van der Waals surface area contributed by atoms with Gasteiger partial charge in [-0.25, -0.2) is 10.2 Å². The fourth-order valence-electron chi connectivity index (χ4n) is 2.28. The van der Waals surface area contributed by atoms with Gasteiger partial charge in [0.1, 0.15) is 11.7 Å². The molecule has 1 aromatic carbocycles. The molecule has 0 aliphatic heterocycles. The Hall–Kier alpha value is -1.42. The first kappa shape index (κ1) is 12.0. The summed E-state index contributed by atoms with van der Waals surface area (Å²) < 4.78 is 13.3. The van der Waals surface area contributed by atoms with Crippen LogP contribution in [0.15, 0.2) is 23.2 Å². The van der Waals surface area contributed by atoms with Gasteiger partial charge in [-0.15, -0.1) is 0 Å². The van der Waals surface area contributed by atoms with Gasteiger partial charge >= 0.3 is 0 Å². The van der Waals surface area contributed by atoms with Crippen molar-refractivity contribution < 1.29 is 4.39 Å². The van der Waals surface area contributed by atoms with E-state index in [0.717, 1.165) is 24.0 Å². The van der Waals surface area contributed by atoms with E-state index in [4.69, 9.17) is 5.84 Å². The summed E-state index contributed by atoms with van der Waals surface area (Å²) in [7, 11) is 0. The van der Waals surface area contributed by atoms with Gasteiger partial charge in [-0.3, -0.25) is 4.99 Å². The highest BCUT2D eigenvalue weighted by atomic mass is 19.1. The van der Waals surface area contributed by atoms with Crippen molar-refractivity contribution >= 4 is 5.84 Å². The van der Waals surface area contributed by atoms with Gasteiger partial charge in [-0.05, 0) is 43.5 Å². The van der Waals surface area contributed by atoms with Crippen LogP contribution in [-0.4, -0.2) is 11.9 Å². The van der Waals surface area contributed by atoms with Crippen LogP contribution in [0.1, 0.15) is 36.8 Å². The number of hydrazine groups is 1. The molecule has 3 nitrogen and oxygen atoms in total. The van der Waals surface area contributed by atoms with Crippen LogP contribution in [-0.2, 0) is 0 Å². The molecular formula is C13H18FN3. The quantitative estimate of drug-likeness (QED) is 0.357. The first-order valence-corrected chi connectivity index (χ1v) is 6.01. The molecule has 2 rings (SSSR count).